The fourth-order valence-corrected chi connectivity index (χ4v) is 1.73. The van der Waals surface area contributed by atoms with Crippen molar-refractivity contribution in [1.29, 1.82) is 0 Å². The maximum atomic E-state index is 12.7. The molecule has 1 rings (SSSR count). The summed E-state index contributed by atoms with van der Waals surface area (Å²) in [6.45, 7) is 2.65. The summed E-state index contributed by atoms with van der Waals surface area (Å²) in [6, 6.07) is 3.34. The standard InChI is InChI=1S/C13H17F3N2O2/c1-3-18(8-12(20)17-2)7-9-4-5-11(19)10(6-9)13(14,15)16/h4-6,19H,3,7-8H2,1-2H3,(H,17,20). The van der Waals surface area contributed by atoms with Gasteiger partial charge < -0.3 is 10.4 Å². The van der Waals surface area contributed by atoms with Gasteiger partial charge in [-0.1, -0.05) is 13.0 Å². The van der Waals surface area contributed by atoms with E-state index in [1.807, 2.05) is 6.92 Å². The number of alkyl halides is 3. The summed E-state index contributed by atoms with van der Waals surface area (Å²) < 4.78 is 38.0. The van der Waals surface area contributed by atoms with Gasteiger partial charge in [-0.25, -0.2) is 0 Å². The van der Waals surface area contributed by atoms with Gasteiger partial charge in [0.25, 0.3) is 0 Å². The summed E-state index contributed by atoms with van der Waals surface area (Å²) in [7, 11) is 1.50. The van der Waals surface area contributed by atoms with E-state index in [-0.39, 0.29) is 19.0 Å². The number of hydrogen-bond acceptors (Lipinski definition) is 3. The van der Waals surface area contributed by atoms with Crippen LogP contribution in [0.3, 0.4) is 0 Å². The predicted octanol–water partition coefficient (Wildman–Crippen LogP) is 1.98. The molecule has 0 unspecified atom stereocenters. The van der Waals surface area contributed by atoms with Gasteiger partial charge in [-0.05, 0) is 24.2 Å². The Morgan fingerprint density at radius 3 is 2.55 bits per heavy atom. The molecule has 0 fully saturated rings. The SMILES string of the molecule is CCN(CC(=O)NC)Cc1ccc(O)c(C(F)(F)F)c1. The molecule has 4 nitrogen and oxygen atoms in total. The zero-order valence-electron chi connectivity index (χ0n) is 11.3. The summed E-state index contributed by atoms with van der Waals surface area (Å²) in [5.74, 6) is -1.00. The van der Waals surface area contributed by atoms with Crippen molar-refractivity contribution in [3.05, 3.63) is 29.3 Å². The smallest absolute Gasteiger partial charge is 0.419 e. The molecule has 0 saturated carbocycles. The first kappa shape index (κ1) is 16.3. The lowest BCUT2D eigenvalue weighted by Crippen LogP contribution is -2.35. The average Bonchev–Trinajstić information content (AvgIpc) is 2.38. The monoisotopic (exact) mass is 290 g/mol. The lowest BCUT2D eigenvalue weighted by Gasteiger charge is -2.20. The molecule has 0 aromatic heterocycles. The Bertz CT molecular complexity index is 475. The Morgan fingerprint density at radius 2 is 2.05 bits per heavy atom. The highest BCUT2D eigenvalue weighted by Gasteiger charge is 2.34. The summed E-state index contributed by atoms with van der Waals surface area (Å²) in [5, 5.41) is 11.7. The van der Waals surface area contributed by atoms with Crippen LogP contribution in [0.4, 0.5) is 13.2 Å². The number of carbonyl (C=O) groups excluding carboxylic acids is 1. The van der Waals surface area contributed by atoms with E-state index in [9.17, 15) is 23.1 Å². The van der Waals surface area contributed by atoms with E-state index in [4.69, 9.17) is 0 Å². The molecule has 0 aliphatic heterocycles. The van der Waals surface area contributed by atoms with Crippen molar-refractivity contribution in [3.8, 4) is 5.75 Å². The number of benzene rings is 1. The maximum Gasteiger partial charge on any atom is 0.419 e. The van der Waals surface area contributed by atoms with Crippen molar-refractivity contribution < 1.29 is 23.1 Å². The van der Waals surface area contributed by atoms with Crippen LogP contribution in [0.5, 0.6) is 5.75 Å². The second-order valence-corrected chi connectivity index (χ2v) is 4.33. The summed E-state index contributed by atoms with van der Waals surface area (Å²) in [5.41, 5.74) is -0.674. The molecule has 1 aromatic rings. The number of phenols is 1. The van der Waals surface area contributed by atoms with Crippen LogP contribution in [0.1, 0.15) is 18.1 Å². The summed E-state index contributed by atoms with van der Waals surface area (Å²) in [4.78, 5) is 13.0. The van der Waals surface area contributed by atoms with Crippen molar-refractivity contribution in [2.45, 2.75) is 19.6 Å². The molecule has 0 heterocycles. The van der Waals surface area contributed by atoms with Gasteiger partial charge >= 0.3 is 6.18 Å². The third-order valence-corrected chi connectivity index (χ3v) is 2.87. The first-order chi connectivity index (χ1) is 9.27. The third kappa shape index (κ3) is 4.41. The van der Waals surface area contributed by atoms with Gasteiger partial charge in [0, 0.05) is 13.6 Å². The van der Waals surface area contributed by atoms with Crippen molar-refractivity contribution in [2.75, 3.05) is 20.1 Å². The third-order valence-electron chi connectivity index (χ3n) is 2.87. The van der Waals surface area contributed by atoms with Crippen molar-refractivity contribution >= 4 is 5.91 Å². The van der Waals surface area contributed by atoms with Crippen molar-refractivity contribution in [3.63, 3.8) is 0 Å². The molecule has 1 amide bonds. The summed E-state index contributed by atoms with van der Waals surface area (Å²) in [6.07, 6.45) is -4.60. The number of halogens is 3. The van der Waals surface area contributed by atoms with Gasteiger partial charge in [-0.3, -0.25) is 9.69 Å². The molecule has 20 heavy (non-hydrogen) atoms. The Hall–Kier alpha value is -1.76. The highest BCUT2D eigenvalue weighted by atomic mass is 19.4. The minimum atomic E-state index is -4.60. The van der Waals surface area contributed by atoms with E-state index in [1.165, 1.54) is 13.1 Å². The highest BCUT2D eigenvalue weighted by Crippen LogP contribution is 2.36. The van der Waals surface area contributed by atoms with Gasteiger partial charge in [-0.2, -0.15) is 13.2 Å². The Morgan fingerprint density at radius 1 is 1.40 bits per heavy atom. The van der Waals surface area contributed by atoms with Gasteiger partial charge in [0.2, 0.25) is 5.91 Å². The molecule has 2 N–H and O–H groups in total. The van der Waals surface area contributed by atoms with E-state index < -0.39 is 17.5 Å². The molecular weight excluding hydrogens is 273 g/mol. The minimum Gasteiger partial charge on any atom is -0.507 e. The van der Waals surface area contributed by atoms with Crippen LogP contribution < -0.4 is 5.32 Å². The normalized spacial score (nSPS) is 11.7. The lowest BCUT2D eigenvalue weighted by atomic mass is 10.1. The average molecular weight is 290 g/mol. The second-order valence-electron chi connectivity index (χ2n) is 4.33. The molecule has 0 aliphatic rings. The summed E-state index contributed by atoms with van der Waals surface area (Å²) >= 11 is 0. The van der Waals surface area contributed by atoms with Crippen molar-refractivity contribution in [1.82, 2.24) is 10.2 Å². The largest absolute Gasteiger partial charge is 0.507 e. The van der Waals surface area contributed by atoms with E-state index in [0.29, 0.717) is 12.1 Å². The number of rotatable bonds is 5. The molecule has 112 valence electrons. The van der Waals surface area contributed by atoms with E-state index in [1.54, 1.807) is 4.90 Å². The molecule has 0 saturated heterocycles. The quantitative estimate of drug-likeness (QED) is 0.872. The number of carbonyl (C=O) groups is 1. The van der Waals surface area contributed by atoms with Crippen LogP contribution in [0.2, 0.25) is 0 Å². The zero-order valence-corrected chi connectivity index (χ0v) is 11.3. The molecule has 0 spiro atoms. The topological polar surface area (TPSA) is 52.6 Å². The zero-order chi connectivity index (χ0) is 15.3. The van der Waals surface area contributed by atoms with Crippen LogP contribution in [0, 0.1) is 0 Å². The van der Waals surface area contributed by atoms with E-state index >= 15 is 0 Å². The fraction of sp³-hybridized carbons (Fsp3) is 0.462. The molecule has 0 aliphatic carbocycles. The van der Waals surface area contributed by atoms with Crippen LogP contribution in [0.25, 0.3) is 0 Å². The Kier molecular flexibility index (Phi) is 5.38. The van der Waals surface area contributed by atoms with Crippen LogP contribution in [-0.2, 0) is 17.5 Å². The fourth-order valence-electron chi connectivity index (χ4n) is 1.73. The van der Waals surface area contributed by atoms with E-state index in [2.05, 4.69) is 5.32 Å². The number of phenolic OH excluding ortho intramolecular Hbond substituents is 1. The number of hydrogen-bond donors (Lipinski definition) is 2. The first-order valence-corrected chi connectivity index (χ1v) is 6.10. The number of aromatic hydroxyl groups is 1. The molecule has 0 bridgehead atoms. The number of amides is 1. The predicted molar refractivity (Wildman–Crippen MR) is 68.1 cm³/mol. The minimum absolute atomic E-state index is 0.106. The van der Waals surface area contributed by atoms with Crippen LogP contribution >= 0.6 is 0 Å². The van der Waals surface area contributed by atoms with Gasteiger partial charge in [0.05, 0.1) is 12.1 Å². The highest BCUT2D eigenvalue weighted by molar-refractivity contribution is 5.77. The molecular formula is C13H17F3N2O2. The molecule has 1 aromatic carbocycles. The van der Waals surface area contributed by atoms with Crippen LogP contribution in [0.15, 0.2) is 18.2 Å². The maximum absolute atomic E-state index is 12.7. The van der Waals surface area contributed by atoms with E-state index in [0.717, 1.165) is 12.1 Å². The number of nitrogens with zero attached hydrogens (tertiary/aromatic N) is 1. The number of likely N-dealkylation sites (N-methyl/N-ethyl adjacent to an activating group) is 2. The lowest BCUT2D eigenvalue weighted by molar-refractivity contribution is -0.138. The Labute approximate surface area is 115 Å². The molecule has 0 radical (unpaired) electrons. The van der Waals surface area contributed by atoms with Gasteiger partial charge in [0.1, 0.15) is 5.75 Å². The number of nitrogens with one attached hydrogen (secondary N) is 1. The first-order valence-electron chi connectivity index (χ1n) is 6.10. The molecule has 0 atom stereocenters. The molecule has 7 heteroatoms. The van der Waals surface area contributed by atoms with Gasteiger partial charge in [0.15, 0.2) is 0 Å². The van der Waals surface area contributed by atoms with Crippen LogP contribution in [-0.4, -0.2) is 36.1 Å². The Balaban J connectivity index is 2.89. The van der Waals surface area contributed by atoms with Gasteiger partial charge in [-0.15, -0.1) is 0 Å². The van der Waals surface area contributed by atoms with Crippen molar-refractivity contribution in [2.24, 2.45) is 0 Å². The second kappa shape index (κ2) is 6.60.